The van der Waals surface area contributed by atoms with Crippen molar-refractivity contribution in [3.63, 3.8) is 0 Å². The zero-order valence-corrected chi connectivity index (χ0v) is 10.9. The zero-order valence-electron chi connectivity index (χ0n) is 10.1. The summed E-state index contributed by atoms with van der Waals surface area (Å²) in [6.45, 7) is 4.57. The Labute approximate surface area is 108 Å². The average Bonchev–Trinajstić information content (AvgIpc) is 2.75. The molecule has 2 fully saturated rings. The van der Waals surface area contributed by atoms with Gasteiger partial charge in [0.15, 0.2) is 0 Å². The number of aliphatic hydroxyl groups is 1. The molecule has 2 aliphatic rings. The van der Waals surface area contributed by atoms with Crippen molar-refractivity contribution in [3.05, 3.63) is 0 Å². The summed E-state index contributed by atoms with van der Waals surface area (Å²) in [5.41, 5.74) is 0. The van der Waals surface area contributed by atoms with Crippen molar-refractivity contribution in [2.24, 2.45) is 0 Å². The summed E-state index contributed by atoms with van der Waals surface area (Å²) in [7, 11) is 0. The molecular formula is C11H21ClN2O3. The second-order valence-electron chi connectivity index (χ2n) is 4.54. The predicted molar refractivity (Wildman–Crippen MR) is 66.3 cm³/mol. The lowest BCUT2D eigenvalue weighted by atomic mass is 10.1. The monoisotopic (exact) mass is 264 g/mol. The maximum absolute atomic E-state index is 12.1. The van der Waals surface area contributed by atoms with Crippen molar-refractivity contribution in [1.82, 2.24) is 10.2 Å². The fourth-order valence-electron chi connectivity index (χ4n) is 2.29. The summed E-state index contributed by atoms with van der Waals surface area (Å²) >= 11 is 0. The molecule has 0 spiro atoms. The highest BCUT2D eigenvalue weighted by Gasteiger charge is 2.33. The molecule has 1 amide bonds. The SMILES string of the molecule is CCC1CN(C(=O)C2CC(O)CN2)CCO1.Cl. The Morgan fingerprint density at radius 2 is 2.35 bits per heavy atom. The molecule has 3 atom stereocenters. The van der Waals surface area contributed by atoms with Gasteiger partial charge in [0.2, 0.25) is 5.91 Å². The molecule has 0 bridgehead atoms. The first kappa shape index (κ1) is 14.7. The summed E-state index contributed by atoms with van der Waals surface area (Å²) in [4.78, 5) is 14.0. The summed E-state index contributed by atoms with van der Waals surface area (Å²) in [6.07, 6.45) is 1.26. The molecule has 0 aromatic carbocycles. The predicted octanol–water partition coefficient (Wildman–Crippen LogP) is -0.232. The molecule has 17 heavy (non-hydrogen) atoms. The van der Waals surface area contributed by atoms with E-state index in [2.05, 4.69) is 12.2 Å². The normalized spacial score (nSPS) is 33.3. The molecule has 6 heteroatoms. The van der Waals surface area contributed by atoms with E-state index in [4.69, 9.17) is 4.74 Å². The van der Waals surface area contributed by atoms with E-state index in [0.717, 1.165) is 6.42 Å². The van der Waals surface area contributed by atoms with Crippen LogP contribution in [-0.2, 0) is 9.53 Å². The number of carbonyl (C=O) groups is 1. The smallest absolute Gasteiger partial charge is 0.239 e. The first-order valence-corrected chi connectivity index (χ1v) is 6.02. The minimum Gasteiger partial charge on any atom is -0.392 e. The van der Waals surface area contributed by atoms with Gasteiger partial charge in [-0.1, -0.05) is 6.92 Å². The number of hydrogen-bond acceptors (Lipinski definition) is 4. The van der Waals surface area contributed by atoms with Gasteiger partial charge in [-0.15, -0.1) is 12.4 Å². The lowest BCUT2D eigenvalue weighted by molar-refractivity contribution is -0.140. The van der Waals surface area contributed by atoms with Crippen LogP contribution in [0.3, 0.4) is 0 Å². The molecule has 0 radical (unpaired) electrons. The Bertz CT molecular complexity index is 265. The first-order chi connectivity index (χ1) is 7.70. The van der Waals surface area contributed by atoms with Gasteiger partial charge in [0, 0.05) is 19.6 Å². The van der Waals surface area contributed by atoms with Gasteiger partial charge in [-0.05, 0) is 12.8 Å². The molecule has 0 aliphatic carbocycles. The second-order valence-corrected chi connectivity index (χ2v) is 4.54. The van der Waals surface area contributed by atoms with Crippen molar-refractivity contribution in [2.75, 3.05) is 26.2 Å². The number of β-amino-alcohol motifs (C(OH)–C–C–N with tert-alkyl or cyclic N) is 1. The van der Waals surface area contributed by atoms with E-state index in [1.54, 1.807) is 0 Å². The maximum atomic E-state index is 12.1. The number of hydrogen-bond donors (Lipinski definition) is 2. The van der Waals surface area contributed by atoms with Crippen LogP contribution in [0.4, 0.5) is 0 Å². The number of aliphatic hydroxyl groups excluding tert-OH is 1. The Kier molecular flexibility index (Phi) is 5.66. The van der Waals surface area contributed by atoms with Gasteiger partial charge in [-0.2, -0.15) is 0 Å². The van der Waals surface area contributed by atoms with Crippen molar-refractivity contribution >= 4 is 18.3 Å². The number of halogens is 1. The van der Waals surface area contributed by atoms with Crippen LogP contribution in [0.25, 0.3) is 0 Å². The topological polar surface area (TPSA) is 61.8 Å². The van der Waals surface area contributed by atoms with Gasteiger partial charge in [0.1, 0.15) is 0 Å². The molecule has 5 nitrogen and oxygen atoms in total. The standard InChI is InChI=1S/C11H20N2O3.ClH/c1-2-9-7-13(3-4-16-9)11(15)10-5-8(14)6-12-10;/h8-10,12,14H,2-7H2,1H3;1H. The number of ether oxygens (including phenoxy) is 1. The van der Waals surface area contributed by atoms with Crippen molar-refractivity contribution < 1.29 is 14.6 Å². The lowest BCUT2D eigenvalue weighted by Crippen LogP contribution is -2.51. The lowest BCUT2D eigenvalue weighted by Gasteiger charge is -2.34. The Morgan fingerprint density at radius 1 is 1.59 bits per heavy atom. The average molecular weight is 265 g/mol. The fourth-order valence-corrected chi connectivity index (χ4v) is 2.29. The van der Waals surface area contributed by atoms with Crippen LogP contribution >= 0.6 is 12.4 Å². The molecule has 3 unspecified atom stereocenters. The third kappa shape index (κ3) is 3.55. The minimum absolute atomic E-state index is 0. The van der Waals surface area contributed by atoms with Crippen LogP contribution in [0.5, 0.6) is 0 Å². The van der Waals surface area contributed by atoms with E-state index in [-0.39, 0.29) is 36.6 Å². The van der Waals surface area contributed by atoms with Crippen molar-refractivity contribution in [3.8, 4) is 0 Å². The highest BCUT2D eigenvalue weighted by molar-refractivity contribution is 5.85. The van der Waals surface area contributed by atoms with E-state index in [0.29, 0.717) is 32.7 Å². The van der Waals surface area contributed by atoms with Gasteiger partial charge in [0.25, 0.3) is 0 Å². The summed E-state index contributed by atoms with van der Waals surface area (Å²) in [6, 6.07) is -0.203. The molecule has 0 saturated carbocycles. The number of rotatable bonds is 2. The Hall–Kier alpha value is -0.360. The second kappa shape index (κ2) is 6.54. The number of carbonyl (C=O) groups excluding carboxylic acids is 1. The van der Waals surface area contributed by atoms with Gasteiger partial charge >= 0.3 is 0 Å². The molecule has 100 valence electrons. The van der Waals surface area contributed by atoms with E-state index in [1.165, 1.54) is 0 Å². The fraction of sp³-hybridized carbons (Fsp3) is 0.909. The molecule has 2 heterocycles. The van der Waals surface area contributed by atoms with Gasteiger partial charge in [0.05, 0.1) is 24.9 Å². The van der Waals surface area contributed by atoms with Gasteiger partial charge in [-0.25, -0.2) is 0 Å². The highest BCUT2D eigenvalue weighted by atomic mass is 35.5. The highest BCUT2D eigenvalue weighted by Crippen LogP contribution is 2.14. The number of morpholine rings is 1. The third-order valence-corrected chi connectivity index (χ3v) is 3.31. The number of amides is 1. The van der Waals surface area contributed by atoms with Crippen LogP contribution in [0.2, 0.25) is 0 Å². The number of nitrogens with one attached hydrogen (secondary N) is 1. The maximum Gasteiger partial charge on any atom is 0.239 e. The van der Waals surface area contributed by atoms with Crippen molar-refractivity contribution in [2.45, 2.75) is 38.0 Å². The van der Waals surface area contributed by atoms with Crippen LogP contribution in [0.15, 0.2) is 0 Å². The molecule has 2 saturated heterocycles. The largest absolute Gasteiger partial charge is 0.392 e. The van der Waals surface area contributed by atoms with Crippen LogP contribution in [-0.4, -0.2) is 60.4 Å². The van der Waals surface area contributed by atoms with Crippen molar-refractivity contribution in [1.29, 1.82) is 0 Å². The molecule has 0 aromatic rings. The van der Waals surface area contributed by atoms with Crippen LogP contribution < -0.4 is 5.32 Å². The Balaban J connectivity index is 0.00000144. The quantitative estimate of drug-likeness (QED) is 0.723. The Morgan fingerprint density at radius 3 is 2.94 bits per heavy atom. The van der Waals surface area contributed by atoms with Gasteiger partial charge in [-0.3, -0.25) is 4.79 Å². The molecule has 2 rings (SSSR count). The van der Waals surface area contributed by atoms with Crippen LogP contribution in [0.1, 0.15) is 19.8 Å². The van der Waals surface area contributed by atoms with E-state index < -0.39 is 0 Å². The third-order valence-electron chi connectivity index (χ3n) is 3.31. The van der Waals surface area contributed by atoms with E-state index in [1.807, 2.05) is 4.90 Å². The van der Waals surface area contributed by atoms with E-state index >= 15 is 0 Å². The van der Waals surface area contributed by atoms with Gasteiger partial charge < -0.3 is 20.1 Å². The summed E-state index contributed by atoms with van der Waals surface area (Å²) in [5, 5.41) is 12.4. The molecular weight excluding hydrogens is 244 g/mol. The summed E-state index contributed by atoms with van der Waals surface area (Å²) in [5.74, 6) is 0.110. The zero-order chi connectivity index (χ0) is 11.5. The molecule has 2 aliphatic heterocycles. The summed E-state index contributed by atoms with van der Waals surface area (Å²) < 4.78 is 5.53. The number of nitrogens with zero attached hydrogens (tertiary/aromatic N) is 1. The van der Waals surface area contributed by atoms with E-state index in [9.17, 15) is 9.90 Å². The molecule has 2 N–H and O–H groups in total. The minimum atomic E-state index is -0.378. The van der Waals surface area contributed by atoms with Crippen LogP contribution in [0, 0.1) is 0 Å². The first-order valence-electron chi connectivity index (χ1n) is 6.02. The molecule has 0 aromatic heterocycles.